The van der Waals surface area contributed by atoms with Crippen molar-refractivity contribution in [1.82, 2.24) is 5.32 Å². The lowest BCUT2D eigenvalue weighted by molar-refractivity contribution is -0.114. The molecule has 2 aromatic rings. The normalized spacial score (nSPS) is 16.5. The molecule has 0 saturated heterocycles. The van der Waals surface area contributed by atoms with Crippen molar-refractivity contribution in [2.24, 2.45) is 0 Å². The van der Waals surface area contributed by atoms with E-state index in [1.807, 2.05) is 42.5 Å². The average Bonchev–Trinajstić information content (AvgIpc) is 2.54. The number of anilines is 1. The van der Waals surface area contributed by atoms with E-state index in [2.05, 4.69) is 16.7 Å². The lowest BCUT2D eigenvalue weighted by Crippen LogP contribution is -2.26. The van der Waals surface area contributed by atoms with Crippen LogP contribution < -0.4 is 15.4 Å². The SMILES string of the molecule is CC(=O)Nc1ccc(CNC2CCOc3ccccc32)cc1. The highest BCUT2D eigenvalue weighted by molar-refractivity contribution is 5.88. The van der Waals surface area contributed by atoms with Gasteiger partial charge in [-0.05, 0) is 23.8 Å². The zero-order valence-corrected chi connectivity index (χ0v) is 12.6. The van der Waals surface area contributed by atoms with Gasteiger partial charge >= 0.3 is 0 Å². The maximum atomic E-state index is 11.0. The Balaban J connectivity index is 1.62. The van der Waals surface area contributed by atoms with E-state index in [1.165, 1.54) is 18.1 Å². The first-order valence-corrected chi connectivity index (χ1v) is 7.54. The van der Waals surface area contributed by atoms with E-state index in [4.69, 9.17) is 4.74 Å². The van der Waals surface area contributed by atoms with Crippen LogP contribution >= 0.6 is 0 Å². The maximum absolute atomic E-state index is 11.0. The van der Waals surface area contributed by atoms with Crippen LogP contribution in [0.5, 0.6) is 5.75 Å². The number of carbonyl (C=O) groups excluding carboxylic acids is 1. The topological polar surface area (TPSA) is 50.4 Å². The number of carbonyl (C=O) groups is 1. The van der Waals surface area contributed by atoms with Crippen molar-refractivity contribution in [1.29, 1.82) is 0 Å². The third kappa shape index (κ3) is 3.46. The summed E-state index contributed by atoms with van der Waals surface area (Å²) in [5, 5.41) is 6.36. The van der Waals surface area contributed by atoms with Crippen molar-refractivity contribution >= 4 is 11.6 Å². The second kappa shape index (κ2) is 6.62. The molecule has 0 radical (unpaired) electrons. The number of amides is 1. The molecule has 2 N–H and O–H groups in total. The smallest absolute Gasteiger partial charge is 0.221 e. The molecule has 1 atom stereocenters. The predicted octanol–water partition coefficient (Wildman–Crippen LogP) is 3.26. The summed E-state index contributed by atoms with van der Waals surface area (Å²) in [5.41, 5.74) is 3.24. The fourth-order valence-corrected chi connectivity index (χ4v) is 2.70. The molecule has 1 aliphatic rings. The van der Waals surface area contributed by atoms with Gasteiger partial charge in [0, 0.05) is 37.2 Å². The Kier molecular flexibility index (Phi) is 4.39. The molecule has 0 aromatic heterocycles. The van der Waals surface area contributed by atoms with E-state index < -0.39 is 0 Å². The monoisotopic (exact) mass is 296 g/mol. The molecule has 1 aliphatic heterocycles. The van der Waals surface area contributed by atoms with Crippen LogP contribution in [0.25, 0.3) is 0 Å². The number of hydrogen-bond donors (Lipinski definition) is 2. The van der Waals surface area contributed by atoms with E-state index in [0.717, 1.165) is 31.0 Å². The number of fused-ring (bicyclic) bond motifs is 1. The summed E-state index contributed by atoms with van der Waals surface area (Å²) in [5.74, 6) is 0.928. The van der Waals surface area contributed by atoms with Crippen LogP contribution in [-0.4, -0.2) is 12.5 Å². The first kappa shape index (κ1) is 14.6. The largest absolute Gasteiger partial charge is 0.493 e. The summed E-state index contributed by atoms with van der Waals surface area (Å²) in [6.07, 6.45) is 0.973. The van der Waals surface area contributed by atoms with Gasteiger partial charge in [0.15, 0.2) is 0 Å². The highest BCUT2D eigenvalue weighted by atomic mass is 16.5. The van der Waals surface area contributed by atoms with Gasteiger partial charge < -0.3 is 15.4 Å². The molecule has 0 fully saturated rings. The highest BCUT2D eigenvalue weighted by Gasteiger charge is 2.20. The van der Waals surface area contributed by atoms with Gasteiger partial charge in [-0.1, -0.05) is 30.3 Å². The van der Waals surface area contributed by atoms with Crippen LogP contribution in [-0.2, 0) is 11.3 Å². The second-order valence-electron chi connectivity index (χ2n) is 5.49. The third-order valence-corrected chi connectivity index (χ3v) is 3.79. The Hall–Kier alpha value is -2.33. The van der Waals surface area contributed by atoms with Crippen molar-refractivity contribution in [2.75, 3.05) is 11.9 Å². The molecule has 0 aliphatic carbocycles. The molecular weight excluding hydrogens is 276 g/mol. The first-order valence-electron chi connectivity index (χ1n) is 7.54. The molecule has 0 bridgehead atoms. The molecule has 3 rings (SSSR count). The minimum absolute atomic E-state index is 0.0512. The van der Waals surface area contributed by atoms with Crippen molar-refractivity contribution in [3.05, 3.63) is 59.7 Å². The number of nitrogens with one attached hydrogen (secondary N) is 2. The molecule has 1 heterocycles. The Labute approximate surface area is 130 Å². The predicted molar refractivity (Wildman–Crippen MR) is 86.9 cm³/mol. The second-order valence-corrected chi connectivity index (χ2v) is 5.49. The summed E-state index contributed by atoms with van der Waals surface area (Å²) < 4.78 is 5.68. The Bertz CT molecular complexity index is 652. The molecule has 4 heteroatoms. The zero-order valence-electron chi connectivity index (χ0n) is 12.6. The third-order valence-electron chi connectivity index (χ3n) is 3.79. The summed E-state index contributed by atoms with van der Waals surface area (Å²) in [6, 6.07) is 16.4. The molecule has 0 spiro atoms. The van der Waals surface area contributed by atoms with Crippen molar-refractivity contribution in [3.8, 4) is 5.75 Å². The minimum atomic E-state index is -0.0512. The maximum Gasteiger partial charge on any atom is 0.221 e. The van der Waals surface area contributed by atoms with Gasteiger partial charge in [-0.15, -0.1) is 0 Å². The number of hydrogen-bond acceptors (Lipinski definition) is 3. The fourth-order valence-electron chi connectivity index (χ4n) is 2.70. The number of rotatable bonds is 4. The average molecular weight is 296 g/mol. The summed E-state index contributed by atoms with van der Waals surface area (Å²) in [7, 11) is 0. The van der Waals surface area contributed by atoms with Gasteiger partial charge in [0.1, 0.15) is 5.75 Å². The van der Waals surface area contributed by atoms with Crippen LogP contribution in [0.2, 0.25) is 0 Å². The van der Waals surface area contributed by atoms with Crippen molar-refractivity contribution < 1.29 is 9.53 Å². The lowest BCUT2D eigenvalue weighted by atomic mass is 10.0. The van der Waals surface area contributed by atoms with E-state index in [1.54, 1.807) is 0 Å². The van der Waals surface area contributed by atoms with E-state index in [9.17, 15) is 4.79 Å². The van der Waals surface area contributed by atoms with Gasteiger partial charge in [0.05, 0.1) is 6.61 Å². The molecule has 114 valence electrons. The van der Waals surface area contributed by atoms with Crippen molar-refractivity contribution in [3.63, 3.8) is 0 Å². The Morgan fingerprint density at radius 1 is 1.18 bits per heavy atom. The minimum Gasteiger partial charge on any atom is -0.493 e. The van der Waals surface area contributed by atoms with Gasteiger partial charge in [-0.2, -0.15) is 0 Å². The standard InChI is InChI=1S/C18H20N2O2/c1-13(21)20-15-8-6-14(7-9-15)12-19-17-10-11-22-18-5-3-2-4-16(17)18/h2-9,17,19H,10-12H2,1H3,(H,20,21). The first-order chi connectivity index (χ1) is 10.7. The Morgan fingerprint density at radius 3 is 2.73 bits per heavy atom. The summed E-state index contributed by atoms with van der Waals surface area (Å²) in [4.78, 5) is 11.0. The zero-order chi connectivity index (χ0) is 15.4. The summed E-state index contributed by atoms with van der Waals surface area (Å²) in [6.45, 7) is 3.05. The van der Waals surface area contributed by atoms with Crippen LogP contribution in [0, 0.1) is 0 Å². The molecule has 0 saturated carbocycles. The Morgan fingerprint density at radius 2 is 1.95 bits per heavy atom. The number of benzene rings is 2. The number of para-hydroxylation sites is 1. The van der Waals surface area contributed by atoms with Gasteiger partial charge in [-0.25, -0.2) is 0 Å². The highest BCUT2D eigenvalue weighted by Crippen LogP contribution is 2.31. The van der Waals surface area contributed by atoms with Gasteiger partial charge in [0.2, 0.25) is 5.91 Å². The fraction of sp³-hybridized carbons (Fsp3) is 0.278. The number of ether oxygens (including phenoxy) is 1. The van der Waals surface area contributed by atoms with Gasteiger partial charge in [0.25, 0.3) is 0 Å². The van der Waals surface area contributed by atoms with Crippen LogP contribution in [0.1, 0.15) is 30.5 Å². The molecule has 4 nitrogen and oxygen atoms in total. The van der Waals surface area contributed by atoms with Crippen LogP contribution in [0.3, 0.4) is 0 Å². The molecular formula is C18H20N2O2. The van der Waals surface area contributed by atoms with Crippen LogP contribution in [0.4, 0.5) is 5.69 Å². The van der Waals surface area contributed by atoms with Gasteiger partial charge in [-0.3, -0.25) is 4.79 Å². The summed E-state index contributed by atoms with van der Waals surface area (Å²) >= 11 is 0. The molecule has 1 amide bonds. The molecule has 22 heavy (non-hydrogen) atoms. The van der Waals surface area contributed by atoms with E-state index in [-0.39, 0.29) is 5.91 Å². The van der Waals surface area contributed by atoms with E-state index >= 15 is 0 Å². The van der Waals surface area contributed by atoms with E-state index in [0.29, 0.717) is 6.04 Å². The lowest BCUT2D eigenvalue weighted by Gasteiger charge is -2.26. The quantitative estimate of drug-likeness (QED) is 0.910. The molecule has 2 aromatic carbocycles. The van der Waals surface area contributed by atoms with Crippen molar-refractivity contribution in [2.45, 2.75) is 25.9 Å². The van der Waals surface area contributed by atoms with Crippen LogP contribution in [0.15, 0.2) is 48.5 Å². The molecule has 1 unspecified atom stereocenters.